The van der Waals surface area contributed by atoms with Crippen LogP contribution >= 0.6 is 11.3 Å². The normalized spacial score (nSPS) is 23.9. The van der Waals surface area contributed by atoms with E-state index >= 15 is 0 Å². The summed E-state index contributed by atoms with van der Waals surface area (Å²) in [5.74, 6) is 1.13. The Hall–Kier alpha value is -1.86. The van der Waals surface area contributed by atoms with Crippen LogP contribution in [0.3, 0.4) is 0 Å². The van der Waals surface area contributed by atoms with E-state index in [4.69, 9.17) is 4.74 Å². The summed E-state index contributed by atoms with van der Waals surface area (Å²) in [6, 6.07) is 4.16. The molecule has 0 aromatic carbocycles. The Balaban J connectivity index is 1.22. The summed E-state index contributed by atoms with van der Waals surface area (Å²) in [5, 5.41) is 15.3. The molecule has 2 aromatic rings. The van der Waals surface area contributed by atoms with E-state index in [0.717, 1.165) is 41.6 Å². The minimum Gasteiger partial charge on any atom is -0.484 e. The number of fused-ring (bicyclic) bond motifs is 1. The van der Waals surface area contributed by atoms with Gasteiger partial charge in [-0.2, -0.15) is 0 Å². The van der Waals surface area contributed by atoms with E-state index in [1.807, 2.05) is 31.4 Å². The Morgan fingerprint density at radius 1 is 1.33 bits per heavy atom. The Bertz CT molecular complexity index is 802. The molecule has 4 rings (SSSR count). The zero-order valence-electron chi connectivity index (χ0n) is 15.9. The zero-order chi connectivity index (χ0) is 19.0. The maximum atomic E-state index is 12.4. The molecular weight excluding hydrogens is 362 g/mol. The summed E-state index contributed by atoms with van der Waals surface area (Å²) in [6.45, 7) is 4.97. The number of hydrogen-bond acceptors (Lipinski definition) is 5. The van der Waals surface area contributed by atoms with E-state index in [9.17, 15) is 9.90 Å². The third-order valence-corrected chi connectivity index (χ3v) is 6.70. The van der Waals surface area contributed by atoms with Crippen LogP contribution < -0.4 is 10.1 Å². The van der Waals surface area contributed by atoms with Gasteiger partial charge in [-0.15, -0.1) is 11.3 Å². The molecule has 0 atom stereocenters. The van der Waals surface area contributed by atoms with Crippen LogP contribution in [0.1, 0.15) is 39.5 Å². The van der Waals surface area contributed by atoms with E-state index in [1.165, 1.54) is 0 Å². The largest absolute Gasteiger partial charge is 0.484 e. The molecule has 0 unspecified atom stereocenters. The predicted octanol–water partition coefficient (Wildman–Crippen LogP) is 3.40. The number of rotatable bonds is 4. The van der Waals surface area contributed by atoms with Crippen molar-refractivity contribution in [1.82, 2.24) is 15.2 Å². The van der Waals surface area contributed by atoms with Gasteiger partial charge in [0, 0.05) is 17.6 Å². The van der Waals surface area contributed by atoms with Crippen molar-refractivity contribution in [2.45, 2.75) is 57.3 Å². The van der Waals surface area contributed by atoms with Crippen LogP contribution in [0.4, 0.5) is 4.79 Å². The highest BCUT2D eigenvalue weighted by molar-refractivity contribution is 7.17. The number of nitrogens with zero attached hydrogens (tertiary/aromatic N) is 2. The first-order valence-corrected chi connectivity index (χ1v) is 10.5. The van der Waals surface area contributed by atoms with Crippen LogP contribution in [0.15, 0.2) is 23.7 Å². The van der Waals surface area contributed by atoms with Crippen molar-refractivity contribution in [3.63, 3.8) is 0 Å². The molecule has 1 aliphatic heterocycles. The molecule has 2 N–H and O–H groups in total. The van der Waals surface area contributed by atoms with Crippen molar-refractivity contribution < 1.29 is 14.6 Å². The highest BCUT2D eigenvalue weighted by Gasteiger charge is 2.36. The monoisotopic (exact) mass is 389 g/mol. The van der Waals surface area contributed by atoms with Gasteiger partial charge in [0.25, 0.3) is 0 Å². The van der Waals surface area contributed by atoms with Crippen molar-refractivity contribution >= 4 is 27.6 Å². The fraction of sp³-hybridized carbons (Fsp3) is 0.600. The first-order valence-electron chi connectivity index (χ1n) is 9.67. The molecule has 2 amide bonds. The second kappa shape index (κ2) is 7.28. The minimum absolute atomic E-state index is 0.00476. The molecule has 0 radical (unpaired) electrons. The lowest BCUT2D eigenvalue weighted by atomic mass is 9.77. The Morgan fingerprint density at radius 2 is 2.07 bits per heavy atom. The quantitative estimate of drug-likeness (QED) is 0.840. The van der Waals surface area contributed by atoms with Crippen LogP contribution in [-0.2, 0) is 0 Å². The number of carbonyl (C=O) groups excluding carboxylic acids is 1. The van der Waals surface area contributed by atoms with Gasteiger partial charge in [-0.25, -0.2) is 4.79 Å². The molecule has 2 aliphatic rings. The Morgan fingerprint density at radius 3 is 2.78 bits per heavy atom. The zero-order valence-corrected chi connectivity index (χ0v) is 16.7. The maximum absolute atomic E-state index is 12.4. The lowest BCUT2D eigenvalue weighted by Gasteiger charge is -2.41. The number of aromatic nitrogens is 1. The van der Waals surface area contributed by atoms with E-state index in [1.54, 1.807) is 22.4 Å². The summed E-state index contributed by atoms with van der Waals surface area (Å²) < 4.78 is 7.14. The molecule has 0 bridgehead atoms. The van der Waals surface area contributed by atoms with E-state index in [2.05, 4.69) is 10.3 Å². The summed E-state index contributed by atoms with van der Waals surface area (Å²) >= 11 is 1.62. The molecule has 0 spiro atoms. The average Bonchev–Trinajstić information content (AvgIpc) is 3.00. The average molecular weight is 390 g/mol. The molecule has 1 aliphatic carbocycles. The topological polar surface area (TPSA) is 74.7 Å². The van der Waals surface area contributed by atoms with Crippen molar-refractivity contribution in [3.8, 4) is 5.75 Å². The second-order valence-corrected chi connectivity index (χ2v) is 9.16. The summed E-state index contributed by atoms with van der Waals surface area (Å²) in [6.07, 6.45) is 5.58. The lowest BCUT2D eigenvalue weighted by molar-refractivity contribution is -0.00325. The smallest absolute Gasteiger partial charge is 0.317 e. The third kappa shape index (κ3) is 4.04. The van der Waals surface area contributed by atoms with Crippen molar-refractivity contribution in [1.29, 1.82) is 0 Å². The SMILES string of the molecule is CC(C)(O)[C@H]1CC[C@H](NC(=O)N2CC(Oc3csc4cccnc34)C2)CC1. The molecule has 6 nitrogen and oxygen atoms in total. The molecule has 7 heteroatoms. The molecule has 27 heavy (non-hydrogen) atoms. The second-order valence-electron chi connectivity index (χ2n) is 8.25. The van der Waals surface area contributed by atoms with Gasteiger partial charge in [-0.3, -0.25) is 4.98 Å². The van der Waals surface area contributed by atoms with Crippen molar-refractivity contribution in [3.05, 3.63) is 23.7 Å². The number of nitrogens with one attached hydrogen (secondary N) is 1. The Kier molecular flexibility index (Phi) is 4.99. The van der Waals surface area contributed by atoms with E-state index in [-0.39, 0.29) is 18.2 Å². The molecule has 2 aromatic heterocycles. The molecule has 2 fully saturated rings. The van der Waals surface area contributed by atoms with Crippen LogP contribution in [0, 0.1) is 5.92 Å². The third-order valence-electron chi connectivity index (χ3n) is 5.78. The standard InChI is InChI=1S/C20H27N3O3S/c1-20(2,25)13-5-7-14(8-6-13)22-19(24)23-10-15(11-23)26-16-12-27-17-4-3-9-21-18(16)17/h3-4,9,12-15,25H,5-8,10-11H2,1-2H3,(H,22,24)/t13-,14-. The number of aliphatic hydroxyl groups is 1. The highest BCUT2D eigenvalue weighted by atomic mass is 32.1. The van der Waals surface area contributed by atoms with Crippen LogP contribution in [0.2, 0.25) is 0 Å². The number of ether oxygens (including phenoxy) is 1. The van der Waals surface area contributed by atoms with Gasteiger partial charge >= 0.3 is 6.03 Å². The Labute approximate surface area is 163 Å². The number of thiophene rings is 1. The minimum atomic E-state index is -0.627. The highest BCUT2D eigenvalue weighted by Crippen LogP contribution is 2.33. The van der Waals surface area contributed by atoms with Gasteiger partial charge < -0.3 is 20.1 Å². The van der Waals surface area contributed by atoms with Crippen LogP contribution in [0.5, 0.6) is 5.75 Å². The van der Waals surface area contributed by atoms with Gasteiger partial charge in [0.05, 0.1) is 23.4 Å². The fourth-order valence-corrected chi connectivity index (χ4v) is 4.82. The summed E-state index contributed by atoms with van der Waals surface area (Å²) in [7, 11) is 0. The van der Waals surface area contributed by atoms with Gasteiger partial charge in [0.2, 0.25) is 0 Å². The first kappa shape index (κ1) is 18.5. The molecular formula is C20H27N3O3S. The number of likely N-dealkylation sites (tertiary alicyclic amines) is 1. The molecule has 146 valence electrons. The number of hydrogen-bond donors (Lipinski definition) is 2. The van der Waals surface area contributed by atoms with Crippen molar-refractivity contribution in [2.24, 2.45) is 5.92 Å². The molecule has 3 heterocycles. The summed E-state index contributed by atoms with van der Waals surface area (Å²) in [4.78, 5) is 18.6. The first-order chi connectivity index (χ1) is 12.9. The number of carbonyl (C=O) groups is 1. The van der Waals surface area contributed by atoms with Crippen molar-refractivity contribution in [2.75, 3.05) is 13.1 Å². The van der Waals surface area contributed by atoms with E-state index < -0.39 is 5.60 Å². The van der Waals surface area contributed by atoms with Crippen LogP contribution in [-0.4, -0.2) is 51.9 Å². The molecule has 1 saturated heterocycles. The maximum Gasteiger partial charge on any atom is 0.317 e. The predicted molar refractivity (Wildman–Crippen MR) is 106 cm³/mol. The molecule has 1 saturated carbocycles. The van der Waals surface area contributed by atoms with E-state index in [0.29, 0.717) is 19.0 Å². The van der Waals surface area contributed by atoms with Gasteiger partial charge in [0.1, 0.15) is 11.6 Å². The van der Waals surface area contributed by atoms with Gasteiger partial charge in [-0.1, -0.05) is 0 Å². The van der Waals surface area contributed by atoms with Gasteiger partial charge in [0.15, 0.2) is 5.75 Å². The van der Waals surface area contributed by atoms with Crippen LogP contribution in [0.25, 0.3) is 10.2 Å². The fourth-order valence-electron chi connectivity index (χ4n) is 4.00. The van der Waals surface area contributed by atoms with Gasteiger partial charge in [-0.05, 0) is 57.6 Å². The lowest BCUT2D eigenvalue weighted by Crippen LogP contribution is -2.60. The number of urea groups is 1. The number of amides is 2. The number of pyridine rings is 1. The summed E-state index contributed by atoms with van der Waals surface area (Å²) in [5.41, 5.74) is 0.270.